The first kappa shape index (κ1) is 16.9. The second kappa shape index (κ2) is 6.91. The fourth-order valence-electron chi connectivity index (χ4n) is 2.85. The second-order valence-electron chi connectivity index (χ2n) is 6.33. The zero-order valence-electron chi connectivity index (χ0n) is 14.6. The van der Waals surface area contributed by atoms with Crippen LogP contribution in [0.3, 0.4) is 0 Å². The molecule has 0 radical (unpaired) electrons. The summed E-state index contributed by atoms with van der Waals surface area (Å²) in [4.78, 5) is 22.1. The minimum atomic E-state index is -0.179. The molecule has 24 heavy (non-hydrogen) atoms. The smallest absolute Gasteiger partial charge is 0.264 e. The molecule has 2 aromatic rings. The molecule has 128 valence electrons. The third-order valence-electron chi connectivity index (χ3n) is 4.21. The van der Waals surface area contributed by atoms with Crippen LogP contribution in [0.4, 0.5) is 5.69 Å². The summed E-state index contributed by atoms with van der Waals surface area (Å²) in [6, 6.07) is 6.08. The van der Waals surface area contributed by atoms with E-state index in [0.29, 0.717) is 19.7 Å². The molecule has 1 aliphatic heterocycles. The Bertz CT molecular complexity index is 742. The van der Waals surface area contributed by atoms with Crippen LogP contribution in [0.15, 0.2) is 23.6 Å². The lowest BCUT2D eigenvalue weighted by Gasteiger charge is -2.33. The summed E-state index contributed by atoms with van der Waals surface area (Å²) in [7, 11) is 4.02. The minimum Gasteiger partial charge on any atom is -0.378 e. The number of hydrogen-bond donors (Lipinski definition) is 0. The average molecular weight is 345 g/mol. The number of ether oxygens (including phenoxy) is 1. The molecule has 1 saturated heterocycles. The average Bonchev–Trinajstić information content (AvgIpc) is 2.99. The Balaban J connectivity index is 1.81. The molecule has 1 aliphatic rings. The number of anilines is 1. The van der Waals surface area contributed by atoms with Crippen molar-refractivity contribution >= 4 is 22.9 Å². The van der Waals surface area contributed by atoms with E-state index in [-0.39, 0.29) is 12.0 Å². The highest BCUT2D eigenvalue weighted by molar-refractivity contribution is 7.12. The number of thiophene rings is 1. The second-order valence-corrected chi connectivity index (χ2v) is 7.25. The van der Waals surface area contributed by atoms with Crippen molar-refractivity contribution < 1.29 is 9.53 Å². The molecule has 1 amide bonds. The lowest BCUT2D eigenvalue weighted by molar-refractivity contribution is -0.0246. The first-order valence-corrected chi connectivity index (χ1v) is 8.94. The van der Waals surface area contributed by atoms with E-state index in [9.17, 15) is 4.79 Å². The Hall–Kier alpha value is -1.92. The minimum absolute atomic E-state index is 0.0938. The van der Waals surface area contributed by atoms with Crippen molar-refractivity contribution in [3.63, 3.8) is 0 Å². The van der Waals surface area contributed by atoms with Crippen LogP contribution in [0.5, 0.6) is 0 Å². The number of carbonyl (C=O) groups excluding carboxylic acids is 1. The number of amides is 1. The molecule has 1 fully saturated rings. The third kappa shape index (κ3) is 3.44. The van der Waals surface area contributed by atoms with Gasteiger partial charge in [-0.2, -0.15) is 0 Å². The summed E-state index contributed by atoms with van der Waals surface area (Å²) in [6.45, 7) is 5.66. The van der Waals surface area contributed by atoms with Gasteiger partial charge in [-0.1, -0.05) is 0 Å². The van der Waals surface area contributed by atoms with E-state index in [2.05, 4.69) is 9.88 Å². The number of aryl methyl sites for hydroxylation is 2. The van der Waals surface area contributed by atoms with Crippen molar-refractivity contribution in [3.05, 3.63) is 45.4 Å². The van der Waals surface area contributed by atoms with Crippen molar-refractivity contribution in [3.8, 4) is 0 Å². The van der Waals surface area contributed by atoms with Gasteiger partial charge in [0.2, 0.25) is 0 Å². The van der Waals surface area contributed by atoms with E-state index in [1.54, 1.807) is 0 Å². The topological polar surface area (TPSA) is 45.7 Å². The highest BCUT2D eigenvalue weighted by atomic mass is 32.1. The largest absolute Gasteiger partial charge is 0.378 e. The van der Waals surface area contributed by atoms with Crippen LogP contribution in [-0.4, -0.2) is 49.6 Å². The first-order valence-electron chi connectivity index (χ1n) is 8.06. The summed E-state index contributed by atoms with van der Waals surface area (Å²) < 4.78 is 5.91. The van der Waals surface area contributed by atoms with Crippen molar-refractivity contribution in [2.24, 2.45) is 0 Å². The molecular formula is C18H23N3O2S. The lowest BCUT2D eigenvalue weighted by Crippen LogP contribution is -2.42. The summed E-state index contributed by atoms with van der Waals surface area (Å²) in [5.74, 6) is 0.0938. The van der Waals surface area contributed by atoms with Crippen molar-refractivity contribution in [1.82, 2.24) is 9.88 Å². The standard InChI is InChI=1S/C18H23N3O2S/c1-12-5-8-24-17(12)18(22)21-6-7-23-16(11-21)15-10-14(20(3)4)9-13(2)19-15/h5,8-10,16H,6-7,11H2,1-4H3. The van der Waals surface area contributed by atoms with E-state index >= 15 is 0 Å². The Kier molecular flexibility index (Phi) is 4.87. The molecule has 0 saturated carbocycles. The van der Waals surface area contributed by atoms with E-state index in [1.807, 2.05) is 56.4 Å². The monoisotopic (exact) mass is 345 g/mol. The van der Waals surface area contributed by atoms with Gasteiger partial charge in [-0.05, 0) is 43.0 Å². The van der Waals surface area contributed by atoms with Gasteiger partial charge in [0.25, 0.3) is 5.91 Å². The van der Waals surface area contributed by atoms with E-state index in [0.717, 1.165) is 27.5 Å². The lowest BCUT2D eigenvalue weighted by atomic mass is 10.1. The fourth-order valence-corrected chi connectivity index (χ4v) is 3.74. The van der Waals surface area contributed by atoms with Crippen LogP contribution in [0.1, 0.15) is 32.7 Å². The molecule has 2 aromatic heterocycles. The van der Waals surface area contributed by atoms with Crippen molar-refractivity contribution in [2.45, 2.75) is 20.0 Å². The molecule has 0 bridgehead atoms. The third-order valence-corrected chi connectivity index (χ3v) is 5.22. The molecule has 5 nitrogen and oxygen atoms in total. The van der Waals surface area contributed by atoms with Gasteiger partial charge in [0.05, 0.1) is 23.7 Å². The van der Waals surface area contributed by atoms with Crippen LogP contribution in [-0.2, 0) is 4.74 Å². The Morgan fingerprint density at radius 1 is 1.38 bits per heavy atom. The molecule has 3 rings (SSSR count). The predicted molar refractivity (Wildman–Crippen MR) is 97.0 cm³/mol. The quantitative estimate of drug-likeness (QED) is 0.858. The molecular weight excluding hydrogens is 322 g/mol. The van der Waals surface area contributed by atoms with E-state index in [1.165, 1.54) is 11.3 Å². The first-order chi connectivity index (χ1) is 11.5. The van der Waals surface area contributed by atoms with E-state index in [4.69, 9.17) is 4.74 Å². The van der Waals surface area contributed by atoms with Crippen LogP contribution in [0.2, 0.25) is 0 Å². The number of hydrogen-bond acceptors (Lipinski definition) is 5. The summed E-state index contributed by atoms with van der Waals surface area (Å²) in [5.41, 5.74) is 3.98. The molecule has 1 unspecified atom stereocenters. The normalized spacial score (nSPS) is 17.8. The molecule has 0 N–H and O–H groups in total. The molecule has 1 atom stereocenters. The van der Waals surface area contributed by atoms with Gasteiger partial charge < -0.3 is 14.5 Å². The van der Waals surface area contributed by atoms with Gasteiger partial charge in [-0.15, -0.1) is 11.3 Å². The number of pyridine rings is 1. The summed E-state index contributed by atoms with van der Waals surface area (Å²) in [6.07, 6.45) is -0.179. The fraction of sp³-hybridized carbons (Fsp3) is 0.444. The van der Waals surface area contributed by atoms with Crippen LogP contribution < -0.4 is 4.90 Å². The highest BCUT2D eigenvalue weighted by Crippen LogP contribution is 2.27. The summed E-state index contributed by atoms with van der Waals surface area (Å²) >= 11 is 1.50. The number of morpholine rings is 1. The van der Waals surface area contributed by atoms with Crippen molar-refractivity contribution in [2.75, 3.05) is 38.7 Å². The zero-order valence-corrected chi connectivity index (χ0v) is 15.4. The van der Waals surface area contributed by atoms with Crippen LogP contribution in [0.25, 0.3) is 0 Å². The Morgan fingerprint density at radius 2 is 2.17 bits per heavy atom. The Morgan fingerprint density at radius 3 is 2.83 bits per heavy atom. The number of rotatable bonds is 3. The summed E-state index contributed by atoms with van der Waals surface area (Å²) in [5, 5.41) is 1.96. The van der Waals surface area contributed by atoms with Crippen LogP contribution in [0, 0.1) is 13.8 Å². The van der Waals surface area contributed by atoms with Gasteiger partial charge >= 0.3 is 0 Å². The van der Waals surface area contributed by atoms with Gasteiger partial charge in [-0.25, -0.2) is 0 Å². The van der Waals surface area contributed by atoms with Gasteiger partial charge in [0.1, 0.15) is 6.10 Å². The van der Waals surface area contributed by atoms with Crippen LogP contribution >= 0.6 is 11.3 Å². The zero-order chi connectivity index (χ0) is 17.3. The highest BCUT2D eigenvalue weighted by Gasteiger charge is 2.28. The number of aromatic nitrogens is 1. The van der Waals surface area contributed by atoms with Gasteiger partial charge in [-0.3, -0.25) is 9.78 Å². The van der Waals surface area contributed by atoms with Gasteiger partial charge in [0, 0.05) is 32.0 Å². The molecule has 3 heterocycles. The maximum absolute atomic E-state index is 12.8. The SMILES string of the molecule is Cc1cc(N(C)C)cc(C2CN(C(=O)c3sccc3C)CCO2)n1. The van der Waals surface area contributed by atoms with E-state index < -0.39 is 0 Å². The predicted octanol–water partition coefficient (Wildman–Crippen LogP) is 3.04. The molecule has 6 heteroatoms. The Labute approximate surface area is 146 Å². The van der Waals surface area contributed by atoms with Gasteiger partial charge in [0.15, 0.2) is 0 Å². The van der Waals surface area contributed by atoms with Crippen molar-refractivity contribution in [1.29, 1.82) is 0 Å². The maximum atomic E-state index is 12.8. The number of nitrogens with zero attached hydrogens (tertiary/aromatic N) is 3. The molecule has 0 aliphatic carbocycles. The molecule has 0 aromatic carbocycles. The molecule has 0 spiro atoms. The number of carbonyl (C=O) groups is 1. The maximum Gasteiger partial charge on any atom is 0.264 e.